The summed E-state index contributed by atoms with van der Waals surface area (Å²) in [4.78, 5) is 58.4. The van der Waals surface area contributed by atoms with Gasteiger partial charge in [-0.1, -0.05) is 93.4 Å². The number of carbonyl (C=O) groups excluding carboxylic acids is 4. The summed E-state index contributed by atoms with van der Waals surface area (Å²) in [5.41, 5.74) is 11.8. The van der Waals surface area contributed by atoms with E-state index in [4.69, 9.17) is 39.6 Å². The second kappa shape index (κ2) is 31.5. The van der Waals surface area contributed by atoms with Crippen molar-refractivity contribution < 1.29 is 54.9 Å². The molecule has 5 heterocycles. The number of nitrogens with zero attached hydrogens (tertiary/aromatic N) is 4. The molecule has 1 radical (unpaired) electrons. The van der Waals surface area contributed by atoms with Gasteiger partial charge in [-0.3, -0.25) is 24.2 Å². The normalized spacial score (nSPS) is 20.0. The van der Waals surface area contributed by atoms with Crippen molar-refractivity contribution >= 4 is 51.3 Å². The van der Waals surface area contributed by atoms with Gasteiger partial charge in [0.25, 0.3) is 0 Å². The molecule has 0 saturated carbocycles. The van der Waals surface area contributed by atoms with E-state index in [1.165, 1.54) is 24.3 Å². The average molecular weight is 1180 g/mol. The molecule has 0 spiro atoms. The van der Waals surface area contributed by atoms with E-state index >= 15 is 0 Å². The van der Waals surface area contributed by atoms with E-state index in [1.54, 1.807) is 0 Å². The molecule has 13 heteroatoms. The minimum atomic E-state index is -0.303. The molecule has 0 aromatic heterocycles. The fraction of sp³-hybridized carbons (Fsp3) is 0.306. The van der Waals surface area contributed by atoms with Crippen molar-refractivity contribution in [1.82, 2.24) is 0 Å². The molecule has 439 valence electrons. The zero-order chi connectivity index (χ0) is 58.6. The van der Waals surface area contributed by atoms with Crippen LogP contribution in [0.25, 0.3) is 27.4 Å². The van der Waals surface area contributed by atoms with Gasteiger partial charge in [0.2, 0.25) is 0 Å². The fourth-order valence-corrected chi connectivity index (χ4v) is 10.9. The van der Waals surface area contributed by atoms with Crippen LogP contribution in [-0.2, 0) is 36.0 Å². The number of fused-ring (bicyclic) bond motifs is 6. The minimum absolute atomic E-state index is 0. The van der Waals surface area contributed by atoms with Gasteiger partial charge in [0.1, 0.15) is 23.0 Å². The molecule has 85 heavy (non-hydrogen) atoms. The number of aliphatic imine (C=N–C) groups is 2. The van der Waals surface area contributed by atoms with Crippen LogP contribution >= 0.6 is 0 Å². The molecular weight excluding hydrogens is 1110 g/mol. The molecule has 8 bridgehead atoms. The first-order chi connectivity index (χ1) is 41.1. The fourth-order valence-electron chi connectivity index (χ4n) is 10.9. The number of rotatable bonds is 32. The molecule has 0 amide bonds. The summed E-state index contributed by atoms with van der Waals surface area (Å²) in [5.74, 6) is 2.88. The van der Waals surface area contributed by atoms with E-state index in [9.17, 15) is 19.2 Å². The first-order valence-electron chi connectivity index (χ1n) is 29.5. The summed E-state index contributed by atoms with van der Waals surface area (Å²) in [6.45, 7) is 16.3. The van der Waals surface area contributed by atoms with Crippen molar-refractivity contribution in [1.29, 1.82) is 0 Å². The second-order valence-corrected chi connectivity index (χ2v) is 21.3. The topological polar surface area (TPSA) is 158 Å². The third-order valence-corrected chi connectivity index (χ3v) is 15.4. The number of carbonyl (C=O) groups is 4. The van der Waals surface area contributed by atoms with Crippen LogP contribution in [-0.4, -0.2) is 73.1 Å². The quantitative estimate of drug-likeness (QED) is 0.0345. The second-order valence-electron chi connectivity index (χ2n) is 21.3. The monoisotopic (exact) mass is 1180 g/mol. The van der Waals surface area contributed by atoms with Crippen LogP contribution in [0, 0.1) is 0 Å². The van der Waals surface area contributed by atoms with Gasteiger partial charge < -0.3 is 29.6 Å². The van der Waals surface area contributed by atoms with E-state index < -0.39 is 0 Å². The van der Waals surface area contributed by atoms with Crippen molar-refractivity contribution in [3.05, 3.63) is 234 Å². The van der Waals surface area contributed by atoms with Crippen molar-refractivity contribution in [2.75, 3.05) is 26.4 Å². The Morgan fingerprint density at radius 1 is 0.494 bits per heavy atom. The van der Waals surface area contributed by atoms with E-state index in [1.807, 2.05) is 48.5 Å². The summed E-state index contributed by atoms with van der Waals surface area (Å²) < 4.78 is 24.7. The molecule has 4 aromatic carbocycles. The van der Waals surface area contributed by atoms with Crippen molar-refractivity contribution in [3.63, 3.8) is 0 Å². The molecule has 1 saturated heterocycles. The molecule has 1 fully saturated rings. The summed E-state index contributed by atoms with van der Waals surface area (Å²) in [6, 6.07) is 32.2. The van der Waals surface area contributed by atoms with Gasteiger partial charge in [-0.2, -0.15) is 5.70 Å². The maximum Gasteiger partial charge on any atom is 2.00 e. The van der Waals surface area contributed by atoms with Crippen LogP contribution in [0.4, 0.5) is 0 Å². The predicted octanol–water partition coefficient (Wildman–Crippen LogP) is 15.8. The number of ether oxygens (including phenoxy) is 4. The zero-order valence-corrected chi connectivity index (χ0v) is 49.4. The van der Waals surface area contributed by atoms with Crippen LogP contribution in [0.3, 0.4) is 0 Å². The summed E-state index contributed by atoms with van der Waals surface area (Å²) in [6.07, 6.45) is 25.9. The van der Waals surface area contributed by atoms with E-state index in [-0.39, 0.29) is 57.9 Å². The largest absolute Gasteiger partial charge is 2.00 e. The van der Waals surface area contributed by atoms with Crippen molar-refractivity contribution in [2.45, 2.75) is 114 Å². The Hall–Kier alpha value is -8.39. The number of ketones is 4. The first-order valence-corrected chi connectivity index (χ1v) is 29.5. The molecule has 5 aliphatic rings. The number of allylic oxidation sites excluding steroid dienone is 11. The summed E-state index contributed by atoms with van der Waals surface area (Å²) >= 11 is 0. The van der Waals surface area contributed by atoms with E-state index in [2.05, 4.69) is 105 Å². The van der Waals surface area contributed by atoms with Gasteiger partial charge in [0.15, 0.2) is 23.1 Å². The molecule has 4 aromatic rings. The minimum Gasteiger partial charge on any atom is -0.684 e. The van der Waals surface area contributed by atoms with Crippen molar-refractivity contribution in [3.8, 4) is 23.0 Å². The molecule has 0 N–H and O–H groups in total. The Bertz CT molecular complexity index is 3360. The van der Waals surface area contributed by atoms with Crippen LogP contribution in [0.1, 0.15) is 124 Å². The van der Waals surface area contributed by atoms with Crippen LogP contribution in [0.15, 0.2) is 211 Å². The van der Waals surface area contributed by atoms with Crippen LogP contribution in [0.2, 0.25) is 0 Å². The Morgan fingerprint density at radius 3 is 1.40 bits per heavy atom. The molecule has 3 atom stereocenters. The summed E-state index contributed by atoms with van der Waals surface area (Å²) in [7, 11) is 0. The number of benzene rings is 4. The zero-order valence-electron chi connectivity index (χ0n) is 48.3. The maximum atomic E-state index is 11.8. The molecule has 9 rings (SSSR count). The van der Waals surface area contributed by atoms with Gasteiger partial charge in [0.05, 0.1) is 43.5 Å². The van der Waals surface area contributed by atoms with Gasteiger partial charge in [-0.15, -0.1) is 11.7 Å². The third-order valence-electron chi connectivity index (χ3n) is 15.4. The Balaban J connectivity index is 0.00000940. The molecule has 12 nitrogen and oxygen atoms in total. The summed E-state index contributed by atoms with van der Waals surface area (Å²) in [5, 5.41) is 11.3. The van der Waals surface area contributed by atoms with E-state index in [0.29, 0.717) is 65.0 Å². The van der Waals surface area contributed by atoms with Gasteiger partial charge >= 0.3 is 16.8 Å². The Morgan fingerprint density at radius 2 is 0.929 bits per heavy atom. The molecule has 5 aliphatic heterocycles. The maximum absolute atomic E-state index is 11.8. The standard InChI is InChI=1S/C72H74N4O8.Co/c1-5-53(77)17-9-13-45-81-57-29-21-49(22-30-57)69-61-37-39-63(73-61)70(50-23-31-58(32-24-50)82-46-14-10-18-54(78)6-2)65-41-43-67(75-65)72(52-27-35-60(36-28-52)84-48-16-12-20-56(80)8-4)68-44-42-66(76-68)71(64-40-38-62(69)74-64)51-25-33-59(34-26-51)83-47-15-11-19-55(79)7-3;/h5-8,21-39,42,44,64,67,72H,1-4,9-20,40-41,43,45-48H2;/q-2;+2/b69-61-,71-66-;. The number of unbranched alkanes of at least 4 members (excludes halogenated alkanes) is 4. The predicted molar refractivity (Wildman–Crippen MR) is 337 cm³/mol. The number of hydrogen-bond donors (Lipinski definition) is 0. The van der Waals surface area contributed by atoms with E-state index in [0.717, 1.165) is 154 Å². The van der Waals surface area contributed by atoms with Gasteiger partial charge in [-0.05, 0) is 200 Å². The molecular formula is C72H74CoN4O8. The van der Waals surface area contributed by atoms with Crippen LogP contribution < -0.4 is 18.9 Å². The Kier molecular flexibility index (Phi) is 23.2. The van der Waals surface area contributed by atoms with Gasteiger partial charge in [0, 0.05) is 37.3 Å². The third kappa shape index (κ3) is 16.9. The first kappa shape index (κ1) is 62.6. The molecule has 3 unspecified atom stereocenters. The SMILES string of the molecule is C=CC(=O)CCCCOc1ccc(/C2=C3\C=CC(=N3)/C(c3ccc(OCCCCC(=O)C=C)cc3)=C3/CCC([N-]3)C(c3ccc(OCCCCC(=O)C=C)cc3)C3=N/C(=C(/c4ccc(OCCCCC(=O)C=C)cc4)C4CC=C2[N-]4)C=C3)cc1.[Co+2]. The van der Waals surface area contributed by atoms with Crippen molar-refractivity contribution in [2.24, 2.45) is 9.98 Å². The Labute approximate surface area is 511 Å². The number of hydrogen-bond acceptors (Lipinski definition) is 10. The van der Waals surface area contributed by atoms with Crippen LogP contribution in [0.5, 0.6) is 23.0 Å². The average Bonchev–Trinajstić information content (AvgIpc) is 4.59. The molecule has 0 aliphatic carbocycles. The smallest absolute Gasteiger partial charge is 0.684 e. The van der Waals surface area contributed by atoms with Gasteiger partial charge in [-0.25, -0.2) is 4.99 Å².